The van der Waals surface area contributed by atoms with Gasteiger partial charge in [-0.2, -0.15) is 10.2 Å². The van der Waals surface area contributed by atoms with Crippen LogP contribution in [0.4, 0.5) is 5.82 Å². The Morgan fingerprint density at radius 1 is 1.31 bits per heavy atom. The quantitative estimate of drug-likeness (QED) is 0.216. The van der Waals surface area contributed by atoms with E-state index in [0.29, 0.717) is 36.5 Å². The summed E-state index contributed by atoms with van der Waals surface area (Å²) >= 11 is 0. The number of amides is 2. The summed E-state index contributed by atoms with van der Waals surface area (Å²) in [6.07, 6.45) is 5.59. The van der Waals surface area contributed by atoms with Crippen LogP contribution < -0.4 is 16.2 Å². The van der Waals surface area contributed by atoms with Gasteiger partial charge in [0.2, 0.25) is 5.91 Å². The van der Waals surface area contributed by atoms with Gasteiger partial charge in [-0.1, -0.05) is 28.5 Å². The Hall–Kier alpha value is -2.07. The zero-order chi connectivity index (χ0) is 19.7. The fourth-order valence-electron chi connectivity index (χ4n) is 1.52. The summed E-state index contributed by atoms with van der Waals surface area (Å²) in [7, 11) is 3.18. The molecule has 2 amide bonds. The van der Waals surface area contributed by atoms with E-state index in [9.17, 15) is 9.59 Å². The van der Waals surface area contributed by atoms with E-state index in [0.717, 1.165) is 5.75 Å². The minimum Gasteiger partial charge on any atom is -0.351 e. The number of nitrogens with one attached hydrogen (secondary N) is 3. The average Bonchev–Trinajstić information content (AvgIpc) is 2.69. The molecular weight excluding hydrogens is 372 g/mol. The summed E-state index contributed by atoms with van der Waals surface area (Å²) in [5.41, 5.74) is 5.62. The number of aromatic nitrogens is 1. The van der Waals surface area contributed by atoms with Crippen molar-refractivity contribution in [2.45, 2.75) is 26.7 Å². The maximum atomic E-state index is 12.0. The van der Waals surface area contributed by atoms with E-state index in [4.69, 9.17) is 1.37 Å². The summed E-state index contributed by atoms with van der Waals surface area (Å²) in [5, 5.41) is 10.4. The minimum atomic E-state index is -0.186. The molecule has 1 rings (SSSR count). The molecule has 0 aliphatic heterocycles. The van der Waals surface area contributed by atoms with Crippen LogP contribution in [0.1, 0.15) is 38.4 Å². The Morgan fingerprint density at radius 2 is 2.15 bits per heavy atom. The Bertz CT molecular complexity index is 628. The van der Waals surface area contributed by atoms with Gasteiger partial charge in [0.05, 0.1) is 5.56 Å². The molecule has 0 saturated carbocycles. The number of nitrogens with zero attached hydrogens (tertiary/aromatic N) is 3. The van der Waals surface area contributed by atoms with Crippen molar-refractivity contribution in [3.63, 3.8) is 0 Å². The summed E-state index contributed by atoms with van der Waals surface area (Å²) in [6.45, 7) is 2.55. The van der Waals surface area contributed by atoms with Crippen molar-refractivity contribution in [1.29, 1.82) is 0 Å². The number of anilines is 1. The Labute approximate surface area is 162 Å². The van der Waals surface area contributed by atoms with Crippen molar-refractivity contribution < 1.29 is 11.0 Å². The van der Waals surface area contributed by atoms with E-state index in [1.165, 1.54) is 12.4 Å². The van der Waals surface area contributed by atoms with Gasteiger partial charge in [0, 0.05) is 44.5 Å². The molecule has 0 atom stereocenters. The Balaban J connectivity index is 2.15. The van der Waals surface area contributed by atoms with E-state index < -0.39 is 0 Å². The monoisotopic (exact) mass is 398 g/mol. The molecule has 1 aromatic rings. The molecule has 0 aliphatic rings. The van der Waals surface area contributed by atoms with E-state index >= 15 is 0 Å². The maximum Gasteiger partial charge on any atom is 0.252 e. The van der Waals surface area contributed by atoms with Crippen LogP contribution in [0.5, 0.6) is 0 Å². The molecule has 10 heteroatoms. The molecule has 0 saturated heterocycles. The van der Waals surface area contributed by atoms with Gasteiger partial charge in [0.25, 0.3) is 5.91 Å². The molecular formula is C16H24N6O2S2. The van der Waals surface area contributed by atoms with Gasteiger partial charge in [-0.3, -0.25) is 15.0 Å². The predicted octanol–water partition coefficient (Wildman–Crippen LogP) is 2.51. The Kier molecular flexibility index (Phi) is 11.0. The molecule has 0 radical (unpaired) electrons. The van der Waals surface area contributed by atoms with Gasteiger partial charge in [0.1, 0.15) is 5.82 Å². The van der Waals surface area contributed by atoms with Crippen LogP contribution in [-0.4, -0.2) is 47.3 Å². The smallest absolute Gasteiger partial charge is 0.252 e. The molecule has 0 unspecified atom stereocenters. The zero-order valence-electron chi connectivity index (χ0n) is 15.6. The third-order valence-corrected chi connectivity index (χ3v) is 5.12. The first-order valence-corrected chi connectivity index (χ1v) is 10.5. The highest BCUT2D eigenvalue weighted by molar-refractivity contribution is 8.76. The second kappa shape index (κ2) is 14.1. The standard InChI is InChI=1S/C16H24N6O2S2/c1-3-8-20-21-14-6-5-13(12-18-14)16(24)17-9-11-26-25-10-7-15(23)22-19-4-2/h4-6,8,12H,3,7,9-11H2,1-2H3,(H,17,24)(H,18,21)(H,22,23)/b19-4+,20-8+/i1T. The number of pyridine rings is 1. The van der Waals surface area contributed by atoms with Crippen LogP contribution in [0.25, 0.3) is 0 Å². The fraction of sp³-hybridized carbons (Fsp3) is 0.438. The predicted molar refractivity (Wildman–Crippen MR) is 111 cm³/mol. The summed E-state index contributed by atoms with van der Waals surface area (Å²) in [6, 6.07) is 3.34. The summed E-state index contributed by atoms with van der Waals surface area (Å²) in [5.74, 6) is 1.67. The number of rotatable bonds is 12. The number of hydrazone groups is 2. The summed E-state index contributed by atoms with van der Waals surface area (Å²) in [4.78, 5) is 27.5. The SMILES string of the molecule is [3H]CC/C=N/Nc1ccc(C(=O)NCCSSCCC(=O)N/N=C/C)cn1. The molecule has 3 N–H and O–H groups in total. The highest BCUT2D eigenvalue weighted by atomic mass is 33.1. The van der Waals surface area contributed by atoms with Crippen molar-refractivity contribution in [2.24, 2.45) is 10.2 Å². The van der Waals surface area contributed by atoms with Gasteiger partial charge in [-0.15, -0.1) is 0 Å². The molecule has 0 spiro atoms. The first kappa shape index (κ1) is 20.2. The highest BCUT2D eigenvalue weighted by Crippen LogP contribution is 2.21. The molecule has 0 aromatic carbocycles. The third kappa shape index (κ3) is 10.0. The topological polar surface area (TPSA) is 108 Å². The fourth-order valence-corrected chi connectivity index (χ4v) is 3.42. The molecule has 142 valence electrons. The van der Waals surface area contributed by atoms with Gasteiger partial charge in [-0.25, -0.2) is 10.4 Å². The van der Waals surface area contributed by atoms with Gasteiger partial charge >= 0.3 is 0 Å². The maximum absolute atomic E-state index is 12.0. The molecule has 0 fully saturated rings. The molecule has 26 heavy (non-hydrogen) atoms. The van der Waals surface area contributed by atoms with E-state index in [-0.39, 0.29) is 18.7 Å². The van der Waals surface area contributed by atoms with Crippen molar-refractivity contribution in [1.82, 2.24) is 15.7 Å². The molecule has 1 heterocycles. The minimum absolute atomic E-state index is 0.109. The number of carbonyl (C=O) groups excluding carboxylic acids is 2. The van der Waals surface area contributed by atoms with E-state index in [1.807, 2.05) is 0 Å². The van der Waals surface area contributed by atoms with Crippen molar-refractivity contribution in [3.8, 4) is 0 Å². The van der Waals surface area contributed by atoms with E-state index in [1.54, 1.807) is 46.9 Å². The number of hydrogen-bond donors (Lipinski definition) is 3. The lowest BCUT2D eigenvalue weighted by molar-refractivity contribution is -0.120. The van der Waals surface area contributed by atoms with Crippen LogP contribution in [0.2, 0.25) is 0 Å². The second-order valence-electron chi connectivity index (χ2n) is 4.72. The van der Waals surface area contributed by atoms with Gasteiger partial charge < -0.3 is 5.32 Å². The third-order valence-electron chi connectivity index (χ3n) is 2.71. The Morgan fingerprint density at radius 3 is 2.88 bits per heavy atom. The first-order chi connectivity index (χ1) is 13.2. The molecule has 8 nitrogen and oxygen atoms in total. The highest BCUT2D eigenvalue weighted by Gasteiger charge is 2.05. The lowest BCUT2D eigenvalue weighted by atomic mass is 10.2. The normalized spacial score (nSPS) is 11.5. The zero-order valence-corrected chi connectivity index (χ0v) is 16.2. The number of hydrogen-bond acceptors (Lipinski definition) is 8. The lowest BCUT2D eigenvalue weighted by Crippen LogP contribution is -2.25. The van der Waals surface area contributed by atoms with Crippen LogP contribution >= 0.6 is 21.6 Å². The van der Waals surface area contributed by atoms with Crippen molar-refractivity contribution in [2.75, 3.05) is 23.5 Å². The van der Waals surface area contributed by atoms with Crippen molar-refractivity contribution in [3.05, 3.63) is 23.9 Å². The largest absolute Gasteiger partial charge is 0.351 e. The summed E-state index contributed by atoms with van der Waals surface area (Å²) < 4.78 is 7.00. The van der Waals surface area contributed by atoms with Gasteiger partial charge in [0.15, 0.2) is 0 Å². The van der Waals surface area contributed by atoms with Gasteiger partial charge in [-0.05, 0) is 25.5 Å². The second-order valence-corrected chi connectivity index (χ2v) is 7.42. The first-order valence-electron chi connectivity index (χ1n) is 8.70. The number of carbonyl (C=O) groups is 2. The molecule has 1 aromatic heterocycles. The van der Waals surface area contributed by atoms with E-state index in [2.05, 4.69) is 31.4 Å². The van der Waals surface area contributed by atoms with Crippen LogP contribution in [-0.2, 0) is 4.79 Å². The molecule has 0 bridgehead atoms. The molecule has 0 aliphatic carbocycles. The lowest BCUT2D eigenvalue weighted by Gasteiger charge is -2.05. The van der Waals surface area contributed by atoms with Crippen LogP contribution in [0, 0.1) is 0 Å². The van der Waals surface area contributed by atoms with Crippen LogP contribution in [0.3, 0.4) is 0 Å². The average molecular weight is 399 g/mol. The van der Waals surface area contributed by atoms with Crippen molar-refractivity contribution >= 4 is 51.6 Å². The van der Waals surface area contributed by atoms with Crippen LogP contribution in [0.15, 0.2) is 28.5 Å².